The highest BCUT2D eigenvalue weighted by atomic mass is 28.3. The van der Waals surface area contributed by atoms with Crippen molar-refractivity contribution in [3.05, 3.63) is 112 Å². The van der Waals surface area contributed by atoms with Crippen LogP contribution in [0, 0.1) is 26.7 Å². The summed E-state index contributed by atoms with van der Waals surface area (Å²) in [5, 5.41) is 6.11. The lowest BCUT2D eigenvalue weighted by molar-refractivity contribution is 0.922. The third kappa shape index (κ3) is 3.32. The summed E-state index contributed by atoms with van der Waals surface area (Å²) in [6.07, 6.45) is 2.47. The topological polar surface area (TPSA) is 0 Å². The van der Waals surface area contributed by atoms with Crippen LogP contribution in [-0.4, -0.2) is 8.07 Å². The third-order valence-electron chi connectivity index (χ3n) is 6.71. The molecule has 3 aromatic carbocycles. The van der Waals surface area contributed by atoms with Crippen LogP contribution < -0.4 is 15.6 Å². The van der Waals surface area contributed by atoms with E-state index < -0.39 is 8.07 Å². The molecule has 0 nitrogen and oxygen atoms in total. The molecule has 0 heterocycles. The van der Waals surface area contributed by atoms with Crippen LogP contribution in [0.5, 0.6) is 0 Å². The molecule has 1 heteroatoms. The molecule has 152 valence electrons. The van der Waals surface area contributed by atoms with Gasteiger partial charge in [-0.05, 0) is 56.1 Å². The molecule has 0 radical (unpaired) electrons. The summed E-state index contributed by atoms with van der Waals surface area (Å²) in [4.78, 5) is 0. The maximum atomic E-state index is 2.47. The van der Waals surface area contributed by atoms with Crippen LogP contribution in [0.4, 0.5) is 0 Å². The molecule has 0 fully saturated rings. The van der Waals surface area contributed by atoms with Crippen molar-refractivity contribution in [1.29, 1.82) is 0 Å². The predicted molar refractivity (Wildman–Crippen MR) is 134 cm³/mol. The van der Waals surface area contributed by atoms with Crippen molar-refractivity contribution in [2.24, 2.45) is 5.92 Å². The van der Waals surface area contributed by atoms with E-state index >= 15 is 0 Å². The average molecular weight is 409 g/mol. The Morgan fingerprint density at radius 2 is 1.00 bits per heavy atom. The van der Waals surface area contributed by atoms with E-state index in [1.165, 1.54) is 43.4 Å². The first kappa shape index (κ1) is 20.6. The second kappa shape index (κ2) is 7.89. The van der Waals surface area contributed by atoms with Crippen LogP contribution >= 0.6 is 0 Å². The molecule has 0 saturated heterocycles. The number of aryl methyl sites for hydroxylation is 3. The van der Waals surface area contributed by atoms with Crippen molar-refractivity contribution in [2.75, 3.05) is 0 Å². The van der Waals surface area contributed by atoms with Crippen molar-refractivity contribution < 1.29 is 0 Å². The Morgan fingerprint density at radius 3 is 1.30 bits per heavy atom. The summed E-state index contributed by atoms with van der Waals surface area (Å²) < 4.78 is 0. The van der Waals surface area contributed by atoms with Crippen molar-refractivity contribution in [3.8, 4) is 0 Å². The first-order valence-electron chi connectivity index (χ1n) is 11.0. The number of allylic oxidation sites excluding steroid dienone is 4. The summed E-state index contributed by atoms with van der Waals surface area (Å²) in [6, 6.07) is 27.9. The SMILES string of the molecule is CC1=CC(C)C([Si](c2cccc(C)c2)(c2cccc(C)c2)c2cccc(C)c2)=C1C. The van der Waals surface area contributed by atoms with Gasteiger partial charge in [-0.3, -0.25) is 0 Å². The first-order chi connectivity index (χ1) is 14.3. The van der Waals surface area contributed by atoms with Gasteiger partial charge in [-0.25, -0.2) is 0 Å². The van der Waals surface area contributed by atoms with Crippen LogP contribution in [0.15, 0.2) is 95.2 Å². The van der Waals surface area contributed by atoms with Gasteiger partial charge in [0.2, 0.25) is 0 Å². The van der Waals surface area contributed by atoms with Gasteiger partial charge in [0.25, 0.3) is 0 Å². The lowest BCUT2D eigenvalue weighted by atomic mass is 10.2. The van der Waals surface area contributed by atoms with E-state index in [1.54, 1.807) is 5.20 Å². The molecule has 0 spiro atoms. The maximum absolute atomic E-state index is 2.47. The van der Waals surface area contributed by atoms with Crippen molar-refractivity contribution in [3.63, 3.8) is 0 Å². The van der Waals surface area contributed by atoms with Crippen LogP contribution in [0.3, 0.4) is 0 Å². The van der Waals surface area contributed by atoms with E-state index in [1.807, 2.05) is 0 Å². The quantitative estimate of drug-likeness (QED) is 0.393. The molecular weight excluding hydrogens is 376 g/mol. The molecule has 1 atom stereocenters. The Kier molecular flexibility index (Phi) is 5.42. The Bertz CT molecular complexity index is 1050. The Morgan fingerprint density at radius 1 is 0.600 bits per heavy atom. The molecule has 30 heavy (non-hydrogen) atoms. The van der Waals surface area contributed by atoms with E-state index in [0.717, 1.165) is 0 Å². The average Bonchev–Trinajstić information content (AvgIpc) is 2.96. The van der Waals surface area contributed by atoms with E-state index in [0.29, 0.717) is 5.92 Å². The summed E-state index contributed by atoms with van der Waals surface area (Å²) in [6.45, 7) is 13.7. The molecule has 3 aromatic rings. The highest BCUT2D eigenvalue weighted by Crippen LogP contribution is 2.36. The molecule has 0 bridgehead atoms. The van der Waals surface area contributed by atoms with Gasteiger partial charge in [-0.15, -0.1) is 0 Å². The third-order valence-corrected chi connectivity index (χ3v) is 11.9. The van der Waals surface area contributed by atoms with E-state index in [4.69, 9.17) is 0 Å². The fraction of sp³-hybridized carbons (Fsp3) is 0.241. The van der Waals surface area contributed by atoms with E-state index in [-0.39, 0.29) is 0 Å². The minimum atomic E-state index is -2.43. The fourth-order valence-electron chi connectivity index (χ4n) is 5.36. The lowest BCUT2D eigenvalue weighted by Gasteiger charge is -2.38. The first-order valence-corrected chi connectivity index (χ1v) is 13.0. The van der Waals surface area contributed by atoms with Gasteiger partial charge in [-0.2, -0.15) is 0 Å². The summed E-state index contributed by atoms with van der Waals surface area (Å²) >= 11 is 0. The second-order valence-corrected chi connectivity index (χ2v) is 12.8. The molecule has 0 aliphatic heterocycles. The molecule has 1 aliphatic carbocycles. The molecule has 4 rings (SSSR count). The monoisotopic (exact) mass is 408 g/mol. The van der Waals surface area contributed by atoms with Gasteiger partial charge in [0.05, 0.1) is 0 Å². The van der Waals surface area contributed by atoms with Gasteiger partial charge >= 0.3 is 0 Å². The molecule has 1 unspecified atom stereocenters. The molecule has 0 saturated carbocycles. The van der Waals surface area contributed by atoms with Crippen LogP contribution in [0.1, 0.15) is 37.5 Å². The largest absolute Gasteiger partial charge is 0.176 e. The standard InChI is InChI=1S/C29H32Si/c1-20-10-7-13-26(16-20)30(27-14-8-11-21(2)17-27,28-15-9-12-22(3)18-28)29-24(5)19-23(4)25(29)6/h7-19,24H,1-6H3. The minimum Gasteiger partial charge on any atom is -0.0748 e. The summed E-state index contributed by atoms with van der Waals surface area (Å²) in [5.41, 5.74) is 6.91. The van der Waals surface area contributed by atoms with E-state index in [2.05, 4.69) is 120 Å². The number of rotatable bonds is 4. The number of hydrogen-bond acceptors (Lipinski definition) is 0. The van der Waals surface area contributed by atoms with Crippen LogP contribution in [0.2, 0.25) is 0 Å². The summed E-state index contributed by atoms with van der Waals surface area (Å²) in [7, 11) is -2.43. The molecule has 0 amide bonds. The van der Waals surface area contributed by atoms with E-state index in [9.17, 15) is 0 Å². The zero-order valence-corrected chi connectivity index (χ0v) is 20.1. The zero-order valence-electron chi connectivity index (χ0n) is 19.1. The second-order valence-electron chi connectivity index (χ2n) is 9.04. The fourth-order valence-corrected chi connectivity index (χ4v) is 11.2. The predicted octanol–water partition coefficient (Wildman–Crippen LogP) is 5.53. The Labute approximate surface area is 183 Å². The van der Waals surface area contributed by atoms with Gasteiger partial charge in [0.1, 0.15) is 0 Å². The number of hydrogen-bond donors (Lipinski definition) is 0. The Hall–Kier alpha value is -2.64. The lowest BCUT2D eigenvalue weighted by Crippen LogP contribution is -2.69. The molecule has 1 aliphatic rings. The molecule has 0 N–H and O–H groups in total. The zero-order chi connectivity index (χ0) is 21.5. The minimum absolute atomic E-state index is 0.443. The number of benzene rings is 3. The van der Waals surface area contributed by atoms with Gasteiger partial charge < -0.3 is 0 Å². The van der Waals surface area contributed by atoms with Crippen molar-refractivity contribution >= 4 is 23.6 Å². The highest BCUT2D eigenvalue weighted by molar-refractivity contribution is 7.16. The van der Waals surface area contributed by atoms with Crippen molar-refractivity contribution in [1.82, 2.24) is 0 Å². The molecule has 0 aromatic heterocycles. The van der Waals surface area contributed by atoms with Gasteiger partial charge in [-0.1, -0.05) is 119 Å². The van der Waals surface area contributed by atoms with Gasteiger partial charge in [0, 0.05) is 0 Å². The Balaban J connectivity index is 2.20. The highest BCUT2D eigenvalue weighted by Gasteiger charge is 2.46. The summed E-state index contributed by atoms with van der Waals surface area (Å²) in [5.74, 6) is 0.443. The normalized spacial score (nSPS) is 16.7. The van der Waals surface area contributed by atoms with Crippen LogP contribution in [-0.2, 0) is 0 Å². The maximum Gasteiger partial charge on any atom is 0.176 e. The molecular formula is C29H32Si. The van der Waals surface area contributed by atoms with Crippen LogP contribution in [0.25, 0.3) is 0 Å². The smallest absolute Gasteiger partial charge is 0.0748 e. The van der Waals surface area contributed by atoms with Crippen molar-refractivity contribution in [2.45, 2.75) is 41.5 Å². The van der Waals surface area contributed by atoms with Gasteiger partial charge in [0.15, 0.2) is 8.07 Å².